The zero-order valence-corrected chi connectivity index (χ0v) is 9.82. The van der Waals surface area contributed by atoms with Crippen LogP contribution in [0.4, 0.5) is 0 Å². The van der Waals surface area contributed by atoms with E-state index in [4.69, 9.17) is 10.2 Å². The maximum atomic E-state index is 10.3. The number of aliphatic carboxylic acids is 2. The van der Waals surface area contributed by atoms with E-state index >= 15 is 0 Å². The minimum Gasteiger partial charge on any atom is -0.481 e. The molecule has 0 rings (SSSR count). The number of carboxylic acid groups (broad SMARTS) is 2. The fourth-order valence-electron chi connectivity index (χ4n) is 1.03. The Labute approximate surface area is 91.3 Å². The molecule has 0 spiro atoms. The topological polar surface area (TPSA) is 74.6 Å². The number of carbonyl (C=O) groups is 2. The van der Waals surface area contributed by atoms with E-state index in [2.05, 4.69) is 13.8 Å². The summed E-state index contributed by atoms with van der Waals surface area (Å²) in [6, 6.07) is 0. The molecular weight excluding hydrogens is 196 g/mol. The van der Waals surface area contributed by atoms with Gasteiger partial charge in [0, 0.05) is 12.8 Å². The van der Waals surface area contributed by atoms with Crippen LogP contribution in [0.25, 0.3) is 0 Å². The van der Waals surface area contributed by atoms with Gasteiger partial charge in [0.25, 0.3) is 0 Å². The highest BCUT2D eigenvalue weighted by Gasteiger charge is 2.12. The maximum absolute atomic E-state index is 10.3. The zero-order valence-electron chi connectivity index (χ0n) is 9.82. The lowest BCUT2D eigenvalue weighted by Gasteiger charge is -2.09. The molecule has 90 valence electrons. The molecule has 0 aliphatic heterocycles. The predicted octanol–water partition coefficient (Wildman–Crippen LogP) is 2.77. The third kappa shape index (κ3) is 15.7. The Hall–Kier alpha value is -1.06. The first-order chi connectivity index (χ1) is 6.97. The van der Waals surface area contributed by atoms with Crippen LogP contribution in [0.15, 0.2) is 0 Å². The van der Waals surface area contributed by atoms with Gasteiger partial charge in [0.1, 0.15) is 0 Å². The van der Waals surface area contributed by atoms with Gasteiger partial charge in [-0.25, -0.2) is 0 Å². The highest BCUT2D eigenvalue weighted by molar-refractivity contribution is 5.68. The predicted molar refractivity (Wildman–Crippen MR) is 58.9 cm³/mol. The van der Waals surface area contributed by atoms with Gasteiger partial charge in [0.15, 0.2) is 0 Å². The second-order valence-corrected chi connectivity index (χ2v) is 3.51. The lowest BCUT2D eigenvalue weighted by molar-refractivity contribution is -0.140. The molecule has 0 aromatic rings. The monoisotopic (exact) mass is 218 g/mol. The molecule has 0 aromatic heterocycles. The van der Waals surface area contributed by atoms with E-state index in [1.165, 1.54) is 6.42 Å². The van der Waals surface area contributed by atoms with Crippen molar-refractivity contribution in [1.82, 2.24) is 0 Å². The van der Waals surface area contributed by atoms with Crippen molar-refractivity contribution in [3.63, 3.8) is 0 Å². The normalized spacial score (nSPS) is 11.1. The minimum absolute atomic E-state index is 0.00130. The van der Waals surface area contributed by atoms with Crippen LogP contribution < -0.4 is 0 Å². The van der Waals surface area contributed by atoms with Gasteiger partial charge in [-0.1, -0.05) is 33.6 Å². The van der Waals surface area contributed by atoms with Crippen LogP contribution in [-0.2, 0) is 9.59 Å². The van der Waals surface area contributed by atoms with E-state index in [0.29, 0.717) is 6.42 Å². The van der Waals surface area contributed by atoms with Crippen LogP contribution in [0, 0.1) is 5.92 Å². The number of hydrogen-bond acceptors (Lipinski definition) is 2. The van der Waals surface area contributed by atoms with Gasteiger partial charge < -0.3 is 10.2 Å². The van der Waals surface area contributed by atoms with Crippen molar-refractivity contribution >= 4 is 11.9 Å². The van der Waals surface area contributed by atoms with Gasteiger partial charge in [-0.2, -0.15) is 0 Å². The smallest absolute Gasteiger partial charge is 0.303 e. The van der Waals surface area contributed by atoms with Gasteiger partial charge in [-0.3, -0.25) is 9.59 Å². The fourth-order valence-corrected chi connectivity index (χ4v) is 1.03. The van der Waals surface area contributed by atoms with Crippen molar-refractivity contribution in [2.24, 2.45) is 5.92 Å². The molecule has 0 saturated heterocycles. The van der Waals surface area contributed by atoms with Crippen molar-refractivity contribution in [1.29, 1.82) is 0 Å². The Morgan fingerprint density at radius 2 is 1.53 bits per heavy atom. The average molecular weight is 218 g/mol. The molecule has 4 nitrogen and oxygen atoms in total. The van der Waals surface area contributed by atoms with Crippen LogP contribution in [0.5, 0.6) is 0 Å². The molecule has 0 saturated carbocycles. The van der Waals surface area contributed by atoms with Crippen molar-refractivity contribution in [3.8, 4) is 0 Å². The molecule has 15 heavy (non-hydrogen) atoms. The van der Waals surface area contributed by atoms with Crippen LogP contribution in [0.3, 0.4) is 0 Å². The van der Waals surface area contributed by atoms with Crippen molar-refractivity contribution < 1.29 is 19.8 Å². The van der Waals surface area contributed by atoms with Crippen LogP contribution in [-0.4, -0.2) is 22.2 Å². The Morgan fingerprint density at radius 3 is 1.80 bits per heavy atom. The Bertz CT molecular complexity index is 177. The molecule has 0 fully saturated rings. The van der Waals surface area contributed by atoms with Crippen LogP contribution >= 0.6 is 0 Å². The molecule has 4 heteroatoms. The number of carboxylic acids is 2. The van der Waals surface area contributed by atoms with Gasteiger partial charge in [-0.05, 0) is 12.3 Å². The summed E-state index contributed by atoms with van der Waals surface area (Å²) in [5, 5.41) is 16.8. The standard InChI is InChI=1S/C8H14O4.C3H8/c1-2-6(5-8(11)12)3-4-7(9)10;1-3-2/h6H,2-5H2,1H3,(H,9,10)(H,11,12);3H2,1-2H3. The Morgan fingerprint density at radius 1 is 1.07 bits per heavy atom. The average Bonchev–Trinajstić information content (AvgIpc) is 2.12. The quantitative estimate of drug-likeness (QED) is 0.718. The van der Waals surface area contributed by atoms with E-state index in [1.54, 1.807) is 0 Å². The summed E-state index contributed by atoms with van der Waals surface area (Å²) in [5.74, 6) is -1.72. The summed E-state index contributed by atoms with van der Waals surface area (Å²) in [6.07, 6.45) is 2.56. The molecular formula is C11H22O4. The molecule has 0 bridgehead atoms. The van der Waals surface area contributed by atoms with Crippen molar-refractivity contribution in [2.75, 3.05) is 0 Å². The van der Waals surface area contributed by atoms with E-state index in [9.17, 15) is 9.59 Å². The third-order valence-corrected chi connectivity index (χ3v) is 1.81. The van der Waals surface area contributed by atoms with Crippen molar-refractivity contribution in [3.05, 3.63) is 0 Å². The first-order valence-electron chi connectivity index (χ1n) is 5.41. The SMILES string of the molecule is CCC.CCC(CCC(=O)O)CC(=O)O. The Balaban J connectivity index is 0. The van der Waals surface area contributed by atoms with E-state index in [0.717, 1.165) is 6.42 Å². The van der Waals surface area contributed by atoms with E-state index in [1.807, 2.05) is 6.92 Å². The first-order valence-corrected chi connectivity index (χ1v) is 5.41. The van der Waals surface area contributed by atoms with Crippen LogP contribution in [0.1, 0.15) is 52.9 Å². The molecule has 0 aliphatic rings. The van der Waals surface area contributed by atoms with Crippen LogP contribution in [0.2, 0.25) is 0 Å². The van der Waals surface area contributed by atoms with Gasteiger partial charge in [0.2, 0.25) is 0 Å². The lowest BCUT2D eigenvalue weighted by atomic mass is 9.97. The molecule has 1 unspecified atom stereocenters. The second-order valence-electron chi connectivity index (χ2n) is 3.51. The summed E-state index contributed by atoms with van der Waals surface area (Å²) in [5.41, 5.74) is 0. The molecule has 0 heterocycles. The zero-order chi connectivity index (χ0) is 12.3. The largest absolute Gasteiger partial charge is 0.481 e. The first kappa shape index (κ1) is 16.4. The molecule has 0 amide bonds. The molecule has 0 aliphatic carbocycles. The highest BCUT2D eigenvalue weighted by atomic mass is 16.4. The highest BCUT2D eigenvalue weighted by Crippen LogP contribution is 2.14. The summed E-state index contributed by atoms with van der Waals surface area (Å²) in [6.45, 7) is 6.12. The Kier molecular flexibility index (Phi) is 12.0. The summed E-state index contributed by atoms with van der Waals surface area (Å²) >= 11 is 0. The number of hydrogen-bond donors (Lipinski definition) is 2. The third-order valence-electron chi connectivity index (χ3n) is 1.81. The van der Waals surface area contributed by atoms with E-state index in [-0.39, 0.29) is 18.8 Å². The summed E-state index contributed by atoms with van der Waals surface area (Å²) in [4.78, 5) is 20.4. The minimum atomic E-state index is -0.862. The summed E-state index contributed by atoms with van der Waals surface area (Å²) < 4.78 is 0. The second kappa shape index (κ2) is 11.0. The van der Waals surface area contributed by atoms with Gasteiger partial charge >= 0.3 is 11.9 Å². The fraction of sp³-hybridized carbons (Fsp3) is 0.818. The van der Waals surface area contributed by atoms with E-state index < -0.39 is 11.9 Å². The molecule has 0 radical (unpaired) electrons. The summed E-state index contributed by atoms with van der Waals surface area (Å²) in [7, 11) is 0. The van der Waals surface area contributed by atoms with Gasteiger partial charge in [0.05, 0.1) is 0 Å². The molecule has 2 N–H and O–H groups in total. The maximum Gasteiger partial charge on any atom is 0.303 e. The van der Waals surface area contributed by atoms with Crippen molar-refractivity contribution in [2.45, 2.75) is 52.9 Å². The molecule has 0 aromatic carbocycles. The number of rotatable bonds is 6. The van der Waals surface area contributed by atoms with Gasteiger partial charge in [-0.15, -0.1) is 0 Å². The molecule has 1 atom stereocenters. The lowest BCUT2D eigenvalue weighted by Crippen LogP contribution is -2.09.